The van der Waals surface area contributed by atoms with Gasteiger partial charge in [0.25, 0.3) is 0 Å². The molecule has 4 rings (SSSR count). The van der Waals surface area contributed by atoms with Crippen molar-refractivity contribution in [3.05, 3.63) is 28.6 Å². The maximum atomic E-state index is 12.5. The average Bonchev–Trinajstić information content (AvgIpc) is 3.38. The summed E-state index contributed by atoms with van der Waals surface area (Å²) in [5.41, 5.74) is 3.28. The van der Waals surface area contributed by atoms with Crippen molar-refractivity contribution in [2.24, 2.45) is 0 Å². The third kappa shape index (κ3) is 3.32. The van der Waals surface area contributed by atoms with E-state index in [9.17, 15) is 4.79 Å². The molecule has 2 heterocycles. The van der Waals surface area contributed by atoms with Gasteiger partial charge in [-0.15, -0.1) is 0 Å². The molecule has 136 valence electrons. The molecule has 0 bridgehead atoms. The van der Waals surface area contributed by atoms with Crippen molar-refractivity contribution in [3.8, 4) is 0 Å². The van der Waals surface area contributed by atoms with Crippen molar-refractivity contribution < 1.29 is 19.0 Å². The van der Waals surface area contributed by atoms with Gasteiger partial charge in [0.2, 0.25) is 0 Å². The van der Waals surface area contributed by atoms with E-state index >= 15 is 0 Å². The summed E-state index contributed by atoms with van der Waals surface area (Å²) in [4.78, 5) is 17.2. The summed E-state index contributed by atoms with van der Waals surface area (Å²) in [5.74, 6) is -0.233. The SMILES string of the molecule is CCOC(=O)c1c(C2COC3(CCCCC3)O2)cc(C2CC2)nc1C. The van der Waals surface area contributed by atoms with Crippen LogP contribution in [-0.2, 0) is 14.2 Å². The number of aromatic nitrogens is 1. The van der Waals surface area contributed by atoms with Gasteiger partial charge in [-0.05, 0) is 45.6 Å². The molecule has 1 aliphatic heterocycles. The summed E-state index contributed by atoms with van der Waals surface area (Å²) < 4.78 is 17.8. The highest BCUT2D eigenvalue weighted by atomic mass is 16.7. The summed E-state index contributed by atoms with van der Waals surface area (Å²) in [6.07, 6.45) is 7.55. The van der Waals surface area contributed by atoms with Gasteiger partial charge in [0.1, 0.15) is 6.10 Å². The standard InChI is InChI=1S/C20H27NO4/c1-3-23-19(22)18-13(2)21-16(14-7-8-14)11-15(18)17-12-24-20(25-17)9-5-4-6-10-20/h11,14,17H,3-10,12H2,1-2H3. The molecule has 3 fully saturated rings. The van der Waals surface area contributed by atoms with Crippen molar-refractivity contribution >= 4 is 5.97 Å². The third-order valence-corrected chi connectivity index (χ3v) is 5.54. The lowest BCUT2D eigenvalue weighted by molar-refractivity contribution is -0.187. The molecule has 5 nitrogen and oxygen atoms in total. The van der Waals surface area contributed by atoms with Crippen LogP contribution < -0.4 is 0 Å². The van der Waals surface area contributed by atoms with Crippen LogP contribution in [0.3, 0.4) is 0 Å². The first-order chi connectivity index (χ1) is 12.1. The van der Waals surface area contributed by atoms with Crippen LogP contribution in [0.25, 0.3) is 0 Å². The van der Waals surface area contributed by atoms with E-state index in [1.807, 2.05) is 13.8 Å². The number of rotatable bonds is 4. The van der Waals surface area contributed by atoms with Crippen LogP contribution in [0.15, 0.2) is 6.07 Å². The van der Waals surface area contributed by atoms with Crippen molar-refractivity contribution in [2.75, 3.05) is 13.2 Å². The highest BCUT2D eigenvalue weighted by Crippen LogP contribution is 2.45. The first kappa shape index (κ1) is 17.0. The van der Waals surface area contributed by atoms with Gasteiger partial charge in [-0.2, -0.15) is 0 Å². The Morgan fingerprint density at radius 2 is 2.08 bits per heavy atom. The van der Waals surface area contributed by atoms with E-state index in [-0.39, 0.29) is 12.1 Å². The second-order valence-corrected chi connectivity index (χ2v) is 7.48. The van der Waals surface area contributed by atoms with E-state index in [2.05, 4.69) is 11.1 Å². The maximum absolute atomic E-state index is 12.5. The summed E-state index contributed by atoms with van der Waals surface area (Å²) in [5, 5.41) is 0. The Morgan fingerprint density at radius 3 is 2.76 bits per heavy atom. The number of nitrogens with zero attached hydrogens (tertiary/aromatic N) is 1. The van der Waals surface area contributed by atoms with E-state index in [4.69, 9.17) is 14.2 Å². The molecule has 0 radical (unpaired) electrons. The molecule has 25 heavy (non-hydrogen) atoms. The molecular formula is C20H27NO4. The van der Waals surface area contributed by atoms with E-state index in [1.165, 1.54) is 19.3 Å². The fourth-order valence-electron chi connectivity index (χ4n) is 4.09. The number of carbonyl (C=O) groups is 1. The Hall–Kier alpha value is -1.46. The molecule has 1 aromatic rings. The van der Waals surface area contributed by atoms with Crippen molar-refractivity contribution in [2.45, 2.75) is 76.6 Å². The van der Waals surface area contributed by atoms with Crippen molar-refractivity contribution in [3.63, 3.8) is 0 Å². The summed E-state index contributed by atoms with van der Waals surface area (Å²) in [7, 11) is 0. The largest absolute Gasteiger partial charge is 0.462 e. The van der Waals surface area contributed by atoms with Gasteiger partial charge >= 0.3 is 5.97 Å². The fraction of sp³-hybridized carbons (Fsp3) is 0.700. The molecule has 3 aliphatic rings. The predicted octanol–water partition coefficient (Wildman–Crippen LogP) is 4.19. The summed E-state index contributed by atoms with van der Waals surface area (Å²) in [6, 6.07) is 2.06. The van der Waals surface area contributed by atoms with E-state index < -0.39 is 5.79 Å². The lowest BCUT2D eigenvalue weighted by Gasteiger charge is -2.32. The van der Waals surface area contributed by atoms with Gasteiger partial charge in [0, 0.05) is 30.0 Å². The smallest absolute Gasteiger partial charge is 0.340 e. The van der Waals surface area contributed by atoms with Gasteiger partial charge in [0.15, 0.2) is 5.79 Å². The molecule has 2 saturated carbocycles. The van der Waals surface area contributed by atoms with Crippen LogP contribution in [-0.4, -0.2) is 30.0 Å². The fourth-order valence-corrected chi connectivity index (χ4v) is 4.09. The quantitative estimate of drug-likeness (QED) is 0.766. The highest BCUT2D eigenvalue weighted by molar-refractivity contribution is 5.92. The number of hydrogen-bond acceptors (Lipinski definition) is 5. The molecule has 1 spiro atoms. The molecule has 1 aromatic heterocycles. The molecular weight excluding hydrogens is 318 g/mol. The Kier molecular flexibility index (Phi) is 4.54. The second kappa shape index (κ2) is 6.69. The number of ether oxygens (including phenoxy) is 3. The average molecular weight is 345 g/mol. The minimum absolute atomic E-state index is 0.211. The number of carbonyl (C=O) groups excluding carboxylic acids is 1. The minimum atomic E-state index is -0.453. The molecule has 5 heteroatoms. The summed E-state index contributed by atoms with van der Waals surface area (Å²) in [6.45, 7) is 4.58. The Balaban J connectivity index is 1.68. The van der Waals surface area contributed by atoms with Gasteiger partial charge < -0.3 is 14.2 Å². The zero-order valence-electron chi connectivity index (χ0n) is 15.2. The zero-order chi connectivity index (χ0) is 17.4. The highest BCUT2D eigenvalue weighted by Gasteiger charge is 2.44. The molecule has 2 aliphatic carbocycles. The van der Waals surface area contributed by atoms with E-state index in [0.717, 1.165) is 42.6 Å². The van der Waals surface area contributed by atoms with Crippen molar-refractivity contribution in [1.29, 1.82) is 0 Å². The lowest BCUT2D eigenvalue weighted by Crippen LogP contribution is -2.32. The number of hydrogen-bond donors (Lipinski definition) is 0. The van der Waals surface area contributed by atoms with Crippen molar-refractivity contribution in [1.82, 2.24) is 4.98 Å². The lowest BCUT2D eigenvalue weighted by atomic mass is 9.94. The van der Waals surface area contributed by atoms with Crippen LogP contribution >= 0.6 is 0 Å². The summed E-state index contributed by atoms with van der Waals surface area (Å²) >= 11 is 0. The first-order valence-electron chi connectivity index (χ1n) is 9.62. The molecule has 1 unspecified atom stereocenters. The van der Waals surface area contributed by atoms with Gasteiger partial charge in [-0.3, -0.25) is 4.98 Å². The van der Waals surface area contributed by atoms with Crippen LogP contribution in [0.2, 0.25) is 0 Å². The molecule has 0 amide bonds. The first-order valence-corrected chi connectivity index (χ1v) is 9.62. The zero-order valence-corrected chi connectivity index (χ0v) is 15.2. The van der Waals surface area contributed by atoms with Crippen LogP contribution in [0, 0.1) is 6.92 Å². The number of aryl methyl sites for hydroxylation is 1. The monoisotopic (exact) mass is 345 g/mol. The molecule has 0 aromatic carbocycles. The molecule has 1 atom stereocenters. The van der Waals surface area contributed by atoms with E-state index in [1.54, 1.807) is 0 Å². The number of esters is 1. The number of pyridine rings is 1. The van der Waals surface area contributed by atoms with Crippen LogP contribution in [0.4, 0.5) is 0 Å². The Morgan fingerprint density at radius 1 is 1.32 bits per heavy atom. The van der Waals surface area contributed by atoms with Crippen LogP contribution in [0.1, 0.15) is 91.2 Å². The molecule has 0 N–H and O–H groups in total. The van der Waals surface area contributed by atoms with Gasteiger partial charge in [0.05, 0.1) is 24.5 Å². The normalized spacial score (nSPS) is 25.3. The van der Waals surface area contributed by atoms with Crippen LogP contribution in [0.5, 0.6) is 0 Å². The maximum Gasteiger partial charge on any atom is 0.340 e. The van der Waals surface area contributed by atoms with E-state index in [0.29, 0.717) is 24.7 Å². The second-order valence-electron chi connectivity index (χ2n) is 7.48. The van der Waals surface area contributed by atoms with Gasteiger partial charge in [-0.25, -0.2) is 4.79 Å². The molecule has 1 saturated heterocycles. The minimum Gasteiger partial charge on any atom is -0.462 e. The van der Waals surface area contributed by atoms with Gasteiger partial charge in [-0.1, -0.05) is 6.42 Å². The Labute approximate surface area is 149 Å². The predicted molar refractivity (Wildman–Crippen MR) is 92.5 cm³/mol. The Bertz CT molecular complexity index is 662. The third-order valence-electron chi connectivity index (χ3n) is 5.54. The topological polar surface area (TPSA) is 57.7 Å².